The van der Waals surface area contributed by atoms with Gasteiger partial charge in [0.25, 0.3) is 0 Å². The second-order valence-corrected chi connectivity index (χ2v) is 17.4. The number of aromatic carboxylic acids is 1. The number of benzene rings is 4. The van der Waals surface area contributed by atoms with Gasteiger partial charge in [-0.2, -0.15) is 10.1 Å². The van der Waals surface area contributed by atoms with Gasteiger partial charge in [0, 0.05) is 40.1 Å². The standard InChI is InChI=1S/C36H35N7O5Si/c1-22-10-12-25(13-11-22)43-31(21-33(42-43)49(3,4)5)40-36(46)39-29-14-15-30(28-9-7-6-8-27(28)29)48-32-16-17-37-35(41-32)38-24-18-23(34(44)45)19-26(20-24)47-2/h6-21H,1-5H3,(H,44,45)(H,37,38,41)(H2,39,40,46). The fourth-order valence-corrected chi connectivity index (χ4v) is 6.04. The van der Waals surface area contributed by atoms with Gasteiger partial charge in [0.1, 0.15) is 25.4 Å². The molecule has 2 heterocycles. The Bertz CT molecular complexity index is 2180. The molecule has 0 atom stereocenters. The smallest absolute Gasteiger partial charge is 0.335 e. The van der Waals surface area contributed by atoms with Crippen molar-refractivity contribution < 1.29 is 24.2 Å². The average Bonchev–Trinajstić information content (AvgIpc) is 3.50. The van der Waals surface area contributed by atoms with Gasteiger partial charge in [0.15, 0.2) is 0 Å². The van der Waals surface area contributed by atoms with Gasteiger partial charge >= 0.3 is 12.0 Å². The molecular formula is C36H35N7O5Si. The molecule has 0 saturated carbocycles. The summed E-state index contributed by atoms with van der Waals surface area (Å²) < 4.78 is 13.2. The van der Waals surface area contributed by atoms with Gasteiger partial charge in [0.2, 0.25) is 11.8 Å². The first-order chi connectivity index (χ1) is 23.5. The molecule has 2 amide bonds. The minimum atomic E-state index is -1.78. The van der Waals surface area contributed by atoms with Crippen LogP contribution < -0.4 is 30.7 Å². The van der Waals surface area contributed by atoms with Gasteiger partial charge in [-0.25, -0.2) is 19.3 Å². The summed E-state index contributed by atoms with van der Waals surface area (Å²) >= 11 is 0. The van der Waals surface area contributed by atoms with Gasteiger partial charge in [0.05, 0.1) is 24.0 Å². The number of ether oxygens (including phenoxy) is 2. The maximum Gasteiger partial charge on any atom is 0.335 e. The lowest BCUT2D eigenvalue weighted by Crippen LogP contribution is -2.39. The lowest BCUT2D eigenvalue weighted by atomic mass is 10.1. The van der Waals surface area contributed by atoms with Gasteiger partial charge in [-0.05, 0) is 49.4 Å². The van der Waals surface area contributed by atoms with Crippen LogP contribution in [0.4, 0.5) is 27.9 Å². The van der Waals surface area contributed by atoms with Crippen molar-refractivity contribution in [3.63, 3.8) is 0 Å². The largest absolute Gasteiger partial charge is 0.497 e. The summed E-state index contributed by atoms with van der Waals surface area (Å²) in [5, 5.41) is 25.8. The van der Waals surface area contributed by atoms with Crippen LogP contribution in [0.5, 0.6) is 17.4 Å². The van der Waals surface area contributed by atoms with E-state index in [1.54, 1.807) is 28.9 Å². The molecule has 0 spiro atoms. The molecule has 0 radical (unpaired) electrons. The Morgan fingerprint density at radius 1 is 0.878 bits per heavy atom. The Morgan fingerprint density at radius 2 is 1.63 bits per heavy atom. The maximum absolute atomic E-state index is 13.4. The Morgan fingerprint density at radius 3 is 2.35 bits per heavy atom. The number of carbonyl (C=O) groups is 2. The van der Waals surface area contributed by atoms with E-state index in [9.17, 15) is 14.7 Å². The molecular weight excluding hydrogens is 639 g/mol. The number of carboxylic acid groups (broad SMARTS) is 1. The number of fused-ring (bicyclic) bond motifs is 1. The molecule has 0 aliphatic carbocycles. The predicted octanol–water partition coefficient (Wildman–Crippen LogP) is 7.56. The SMILES string of the molecule is COc1cc(Nc2nccc(Oc3ccc(NC(=O)Nc4cc([Si](C)(C)C)nn4-c4ccc(C)cc4)c4ccccc34)n2)cc(C(=O)O)c1. The first kappa shape index (κ1) is 32.7. The molecule has 0 unspecified atom stereocenters. The monoisotopic (exact) mass is 673 g/mol. The van der Waals surface area contributed by atoms with Crippen LogP contribution in [-0.4, -0.2) is 52.0 Å². The lowest BCUT2D eigenvalue weighted by Gasteiger charge is -2.14. The van der Waals surface area contributed by atoms with Gasteiger partial charge in [-0.3, -0.25) is 5.32 Å². The van der Waals surface area contributed by atoms with Crippen molar-refractivity contribution in [2.75, 3.05) is 23.1 Å². The maximum atomic E-state index is 13.4. The van der Waals surface area contributed by atoms with Crippen molar-refractivity contribution in [3.8, 4) is 23.1 Å². The highest BCUT2D eigenvalue weighted by Gasteiger charge is 2.24. The normalized spacial score (nSPS) is 11.2. The lowest BCUT2D eigenvalue weighted by molar-refractivity contribution is 0.0696. The molecule has 2 aromatic heterocycles. The zero-order valence-electron chi connectivity index (χ0n) is 27.6. The summed E-state index contributed by atoms with van der Waals surface area (Å²) in [5.74, 6) is 0.819. The molecule has 13 heteroatoms. The van der Waals surface area contributed by atoms with Crippen LogP contribution in [0.3, 0.4) is 0 Å². The highest BCUT2D eigenvalue weighted by atomic mass is 28.3. The highest BCUT2D eigenvalue weighted by Crippen LogP contribution is 2.34. The number of urea groups is 1. The van der Waals surface area contributed by atoms with E-state index in [-0.39, 0.29) is 17.4 Å². The molecule has 4 N–H and O–H groups in total. The third-order valence-corrected chi connectivity index (χ3v) is 9.40. The Hall–Kier alpha value is -6.21. The summed E-state index contributed by atoms with van der Waals surface area (Å²) in [7, 11) is -0.321. The van der Waals surface area contributed by atoms with E-state index in [4.69, 9.17) is 14.6 Å². The summed E-state index contributed by atoms with van der Waals surface area (Å²) in [4.78, 5) is 33.7. The third kappa shape index (κ3) is 7.52. The van der Waals surface area contributed by atoms with Crippen LogP contribution in [0.2, 0.25) is 19.6 Å². The summed E-state index contributed by atoms with van der Waals surface area (Å²) in [6.07, 6.45) is 1.53. The third-order valence-electron chi connectivity index (χ3n) is 7.62. The van der Waals surface area contributed by atoms with E-state index < -0.39 is 20.1 Å². The van der Waals surface area contributed by atoms with Crippen LogP contribution in [0, 0.1) is 6.92 Å². The van der Waals surface area contributed by atoms with Gasteiger partial charge < -0.3 is 25.2 Å². The highest BCUT2D eigenvalue weighted by molar-refractivity contribution is 6.88. The van der Waals surface area contributed by atoms with Crippen LogP contribution >= 0.6 is 0 Å². The Kier molecular flexibility index (Phi) is 9.01. The first-order valence-electron chi connectivity index (χ1n) is 15.4. The van der Waals surface area contributed by atoms with E-state index in [1.807, 2.05) is 61.5 Å². The zero-order chi connectivity index (χ0) is 34.7. The van der Waals surface area contributed by atoms with E-state index >= 15 is 0 Å². The Labute approximate surface area is 283 Å². The van der Waals surface area contributed by atoms with Crippen molar-refractivity contribution in [1.29, 1.82) is 0 Å². The second-order valence-electron chi connectivity index (χ2n) is 12.3. The van der Waals surface area contributed by atoms with Gasteiger partial charge in [-0.15, -0.1) is 0 Å². The molecule has 0 aliphatic rings. The van der Waals surface area contributed by atoms with Crippen LogP contribution in [0.25, 0.3) is 16.5 Å². The number of carbonyl (C=O) groups excluding carboxylic acids is 1. The minimum absolute atomic E-state index is 0.0521. The topological polar surface area (TPSA) is 153 Å². The van der Waals surface area contributed by atoms with E-state index in [0.717, 1.165) is 27.3 Å². The number of hydrogen-bond donors (Lipinski definition) is 4. The number of carboxylic acids is 1. The molecule has 12 nitrogen and oxygen atoms in total. The molecule has 0 bridgehead atoms. The fourth-order valence-electron chi connectivity index (χ4n) is 5.07. The number of aryl methyl sites for hydroxylation is 1. The van der Waals surface area contributed by atoms with Crippen molar-refractivity contribution in [3.05, 3.63) is 108 Å². The van der Waals surface area contributed by atoms with Crippen molar-refractivity contribution in [2.45, 2.75) is 26.6 Å². The number of aromatic nitrogens is 4. The van der Waals surface area contributed by atoms with Crippen molar-refractivity contribution in [2.24, 2.45) is 0 Å². The summed E-state index contributed by atoms with van der Waals surface area (Å²) in [6.45, 7) is 8.67. The number of amides is 2. The van der Waals surface area contributed by atoms with E-state index in [2.05, 4.69) is 45.6 Å². The molecule has 248 valence electrons. The molecule has 6 aromatic rings. The fraction of sp³-hybridized carbons (Fsp3) is 0.139. The van der Waals surface area contributed by atoms with E-state index in [0.29, 0.717) is 28.7 Å². The second kappa shape index (κ2) is 13.5. The van der Waals surface area contributed by atoms with Crippen LogP contribution in [0.1, 0.15) is 15.9 Å². The van der Waals surface area contributed by atoms with Crippen molar-refractivity contribution in [1.82, 2.24) is 19.7 Å². The minimum Gasteiger partial charge on any atom is -0.497 e. The number of hydrogen-bond acceptors (Lipinski definition) is 8. The molecule has 6 rings (SSSR count). The predicted molar refractivity (Wildman–Crippen MR) is 193 cm³/mol. The number of anilines is 4. The molecule has 0 aliphatic heterocycles. The summed E-state index contributed by atoms with van der Waals surface area (Å²) in [5.41, 5.74) is 3.07. The zero-order valence-corrected chi connectivity index (χ0v) is 28.6. The number of rotatable bonds is 10. The average molecular weight is 674 g/mol. The first-order valence-corrected chi connectivity index (χ1v) is 18.9. The Balaban J connectivity index is 1.23. The molecule has 4 aromatic carbocycles. The van der Waals surface area contributed by atoms with Gasteiger partial charge in [-0.1, -0.05) is 61.6 Å². The number of nitrogens with zero attached hydrogens (tertiary/aromatic N) is 4. The molecule has 49 heavy (non-hydrogen) atoms. The van der Waals surface area contributed by atoms with Crippen LogP contribution in [0.15, 0.2) is 97.2 Å². The van der Waals surface area contributed by atoms with Crippen LogP contribution in [-0.2, 0) is 0 Å². The number of methoxy groups -OCH3 is 1. The van der Waals surface area contributed by atoms with Crippen molar-refractivity contribution >= 4 is 59.3 Å². The summed E-state index contributed by atoms with van der Waals surface area (Å²) in [6, 6.07) is 26.7. The molecule has 0 saturated heterocycles. The quantitative estimate of drug-likeness (QED) is 0.108. The van der Waals surface area contributed by atoms with E-state index in [1.165, 1.54) is 25.4 Å². The molecule has 0 fully saturated rings. The number of nitrogens with one attached hydrogen (secondary N) is 3.